The fourth-order valence-corrected chi connectivity index (χ4v) is 0.773. The van der Waals surface area contributed by atoms with Crippen LogP contribution in [0, 0.1) is 5.92 Å². The molecule has 0 amide bonds. The highest BCUT2D eigenvalue weighted by atomic mass is 19.1. The van der Waals surface area contributed by atoms with Crippen LogP contribution in [0.15, 0.2) is 17.5 Å². The third kappa shape index (κ3) is 3.38. The van der Waals surface area contributed by atoms with Gasteiger partial charge in [0.1, 0.15) is 6.33 Å². The van der Waals surface area contributed by atoms with Gasteiger partial charge < -0.3 is 0 Å². The van der Waals surface area contributed by atoms with Crippen molar-refractivity contribution in [1.29, 1.82) is 0 Å². The molecule has 0 aromatic carbocycles. The van der Waals surface area contributed by atoms with E-state index in [0.29, 0.717) is 12.2 Å². The van der Waals surface area contributed by atoms with Gasteiger partial charge >= 0.3 is 0 Å². The fraction of sp³-hybridized carbons (Fsp3) is 0.625. The van der Waals surface area contributed by atoms with E-state index < -0.39 is 0 Å². The number of nitrogens with zero attached hydrogens (tertiary/aromatic N) is 1. The van der Waals surface area contributed by atoms with Crippen molar-refractivity contribution in [3.8, 4) is 0 Å². The minimum atomic E-state index is 0.418. The first kappa shape index (κ1) is 9.34. The van der Waals surface area contributed by atoms with Crippen molar-refractivity contribution in [3.05, 3.63) is 12.5 Å². The molecular weight excluding hydrogens is 129 g/mol. The SMILES string of the molecule is CC/C(=N\C=C/F)C(C)C. The molecule has 0 unspecified atom stereocenters. The molecule has 0 saturated carbocycles. The van der Waals surface area contributed by atoms with Crippen molar-refractivity contribution < 1.29 is 4.39 Å². The summed E-state index contributed by atoms with van der Waals surface area (Å²) in [7, 11) is 0. The van der Waals surface area contributed by atoms with Crippen LogP contribution in [0.3, 0.4) is 0 Å². The van der Waals surface area contributed by atoms with E-state index in [2.05, 4.69) is 18.8 Å². The number of hydrogen-bond acceptors (Lipinski definition) is 1. The van der Waals surface area contributed by atoms with E-state index in [-0.39, 0.29) is 0 Å². The molecule has 0 fully saturated rings. The standard InChI is InChI=1S/C8H14FN/c1-4-8(7(2)3)10-6-5-9/h5-7H,4H2,1-3H3/b6-5-,10-8+. The summed E-state index contributed by atoms with van der Waals surface area (Å²) in [5.74, 6) is 0.418. The van der Waals surface area contributed by atoms with Crippen LogP contribution in [0.5, 0.6) is 0 Å². The van der Waals surface area contributed by atoms with Gasteiger partial charge in [0.25, 0.3) is 0 Å². The Morgan fingerprint density at radius 1 is 1.60 bits per heavy atom. The molecule has 0 aromatic heterocycles. The lowest BCUT2D eigenvalue weighted by Gasteiger charge is -2.04. The lowest BCUT2D eigenvalue weighted by molar-refractivity contribution is 0.717. The fourth-order valence-electron chi connectivity index (χ4n) is 0.773. The molecular formula is C8H14FN. The Hall–Kier alpha value is -0.660. The molecule has 0 heterocycles. The zero-order chi connectivity index (χ0) is 7.98. The summed E-state index contributed by atoms with van der Waals surface area (Å²) in [6, 6.07) is 0. The van der Waals surface area contributed by atoms with Gasteiger partial charge in [-0.2, -0.15) is 0 Å². The summed E-state index contributed by atoms with van der Waals surface area (Å²) in [4.78, 5) is 3.92. The Labute approximate surface area is 61.7 Å². The molecule has 0 bridgehead atoms. The van der Waals surface area contributed by atoms with Crippen LogP contribution in [-0.4, -0.2) is 5.71 Å². The molecule has 0 spiro atoms. The average Bonchev–Trinajstić information content (AvgIpc) is 1.89. The molecule has 0 N–H and O–H groups in total. The zero-order valence-corrected chi connectivity index (χ0v) is 6.76. The second-order valence-electron chi connectivity index (χ2n) is 2.40. The van der Waals surface area contributed by atoms with Crippen LogP contribution >= 0.6 is 0 Å². The molecule has 0 aliphatic rings. The van der Waals surface area contributed by atoms with Crippen LogP contribution in [0.4, 0.5) is 4.39 Å². The van der Waals surface area contributed by atoms with Gasteiger partial charge in [0.05, 0.1) is 6.20 Å². The molecule has 0 aliphatic heterocycles. The van der Waals surface area contributed by atoms with Gasteiger partial charge in [-0.15, -0.1) is 0 Å². The second-order valence-corrected chi connectivity index (χ2v) is 2.40. The maximum atomic E-state index is 11.5. The van der Waals surface area contributed by atoms with Gasteiger partial charge in [-0.1, -0.05) is 20.8 Å². The second kappa shape index (κ2) is 5.15. The summed E-state index contributed by atoms with van der Waals surface area (Å²) >= 11 is 0. The molecule has 0 saturated heterocycles. The first-order valence-electron chi connectivity index (χ1n) is 3.54. The first-order valence-corrected chi connectivity index (χ1v) is 3.54. The Kier molecular flexibility index (Phi) is 4.81. The maximum absolute atomic E-state index is 11.5. The van der Waals surface area contributed by atoms with E-state index in [9.17, 15) is 4.39 Å². The van der Waals surface area contributed by atoms with E-state index in [1.807, 2.05) is 6.92 Å². The molecule has 0 rings (SSSR count). The molecule has 10 heavy (non-hydrogen) atoms. The Morgan fingerprint density at radius 2 is 2.20 bits per heavy atom. The van der Waals surface area contributed by atoms with Crippen LogP contribution in [-0.2, 0) is 0 Å². The largest absolute Gasteiger partial charge is 0.263 e. The lowest BCUT2D eigenvalue weighted by atomic mass is 10.1. The molecule has 58 valence electrons. The van der Waals surface area contributed by atoms with E-state index in [0.717, 1.165) is 12.1 Å². The monoisotopic (exact) mass is 143 g/mol. The third-order valence-electron chi connectivity index (χ3n) is 1.33. The predicted octanol–water partition coefficient (Wildman–Crippen LogP) is 2.93. The molecule has 0 atom stereocenters. The van der Waals surface area contributed by atoms with Gasteiger partial charge in [0, 0.05) is 5.71 Å². The molecule has 1 nitrogen and oxygen atoms in total. The Balaban J connectivity index is 4.04. The molecule has 2 heteroatoms. The van der Waals surface area contributed by atoms with E-state index >= 15 is 0 Å². The molecule has 0 radical (unpaired) electrons. The van der Waals surface area contributed by atoms with Crippen molar-refractivity contribution >= 4 is 5.71 Å². The van der Waals surface area contributed by atoms with E-state index in [1.54, 1.807) is 0 Å². The summed E-state index contributed by atoms with van der Waals surface area (Å²) in [6.07, 6.45) is 2.54. The van der Waals surface area contributed by atoms with Crippen LogP contribution in [0.25, 0.3) is 0 Å². The molecule has 0 aliphatic carbocycles. The normalized spacial score (nSPS) is 13.5. The van der Waals surface area contributed by atoms with Crippen molar-refractivity contribution in [2.24, 2.45) is 10.9 Å². The van der Waals surface area contributed by atoms with Crippen molar-refractivity contribution in [2.75, 3.05) is 0 Å². The van der Waals surface area contributed by atoms with E-state index in [1.165, 1.54) is 6.20 Å². The highest BCUT2D eigenvalue weighted by Gasteiger charge is 1.99. The summed E-state index contributed by atoms with van der Waals surface area (Å²) < 4.78 is 11.5. The van der Waals surface area contributed by atoms with Gasteiger partial charge in [0.15, 0.2) is 0 Å². The minimum absolute atomic E-state index is 0.418. The first-order chi connectivity index (χ1) is 4.72. The van der Waals surface area contributed by atoms with Crippen molar-refractivity contribution in [1.82, 2.24) is 0 Å². The van der Waals surface area contributed by atoms with Crippen molar-refractivity contribution in [3.63, 3.8) is 0 Å². The summed E-state index contributed by atoms with van der Waals surface area (Å²) in [5.41, 5.74) is 1.04. The maximum Gasteiger partial charge on any atom is 0.105 e. The van der Waals surface area contributed by atoms with Gasteiger partial charge in [-0.3, -0.25) is 4.99 Å². The zero-order valence-electron chi connectivity index (χ0n) is 6.76. The van der Waals surface area contributed by atoms with Gasteiger partial charge in [-0.25, -0.2) is 4.39 Å². The number of rotatable bonds is 3. The highest BCUT2D eigenvalue weighted by Crippen LogP contribution is 2.01. The van der Waals surface area contributed by atoms with Gasteiger partial charge in [-0.05, 0) is 12.3 Å². The Morgan fingerprint density at radius 3 is 2.50 bits per heavy atom. The number of hydrogen-bond donors (Lipinski definition) is 0. The topological polar surface area (TPSA) is 12.4 Å². The predicted molar refractivity (Wildman–Crippen MR) is 42.8 cm³/mol. The Bertz CT molecular complexity index is 136. The quantitative estimate of drug-likeness (QED) is 0.538. The van der Waals surface area contributed by atoms with Gasteiger partial charge in [0.2, 0.25) is 0 Å². The minimum Gasteiger partial charge on any atom is -0.263 e. The lowest BCUT2D eigenvalue weighted by Crippen LogP contribution is -2.04. The summed E-state index contributed by atoms with van der Waals surface area (Å²) in [6.45, 7) is 6.12. The highest BCUT2D eigenvalue weighted by molar-refractivity contribution is 5.86. The van der Waals surface area contributed by atoms with Crippen LogP contribution in [0.2, 0.25) is 0 Å². The van der Waals surface area contributed by atoms with E-state index in [4.69, 9.17) is 0 Å². The smallest absolute Gasteiger partial charge is 0.105 e. The van der Waals surface area contributed by atoms with Crippen LogP contribution < -0.4 is 0 Å². The third-order valence-corrected chi connectivity index (χ3v) is 1.33. The number of aliphatic imine (C=N–C) groups is 1. The molecule has 0 aromatic rings. The summed E-state index contributed by atoms with van der Waals surface area (Å²) in [5, 5.41) is 0. The number of halogens is 1. The van der Waals surface area contributed by atoms with Crippen molar-refractivity contribution in [2.45, 2.75) is 27.2 Å². The van der Waals surface area contributed by atoms with Crippen LogP contribution in [0.1, 0.15) is 27.2 Å². The average molecular weight is 143 g/mol.